The zero-order valence-electron chi connectivity index (χ0n) is 14.4. The third-order valence-corrected chi connectivity index (χ3v) is 4.58. The summed E-state index contributed by atoms with van der Waals surface area (Å²) in [6.07, 6.45) is -0.0646. The molecule has 2 saturated heterocycles. The van der Waals surface area contributed by atoms with E-state index in [1.165, 1.54) is 0 Å². The van der Waals surface area contributed by atoms with E-state index >= 15 is 0 Å². The van der Waals surface area contributed by atoms with Crippen molar-refractivity contribution >= 4 is 0 Å². The van der Waals surface area contributed by atoms with Gasteiger partial charge in [-0.1, -0.05) is 24.3 Å². The van der Waals surface area contributed by atoms with Gasteiger partial charge in [-0.2, -0.15) is 0 Å². The number of benzene rings is 2. The van der Waals surface area contributed by atoms with Gasteiger partial charge in [0.2, 0.25) is 0 Å². The Morgan fingerprint density at radius 2 is 1.08 bits per heavy atom. The fourth-order valence-electron chi connectivity index (χ4n) is 2.97. The second-order valence-electron chi connectivity index (χ2n) is 6.27. The van der Waals surface area contributed by atoms with Gasteiger partial charge in [0.05, 0.1) is 27.4 Å². The van der Waals surface area contributed by atoms with Gasteiger partial charge >= 0.3 is 0 Å². The van der Waals surface area contributed by atoms with Crippen LogP contribution < -0.4 is 9.47 Å². The Kier molecular flexibility index (Phi) is 4.61. The van der Waals surface area contributed by atoms with E-state index in [0.717, 1.165) is 35.8 Å². The van der Waals surface area contributed by atoms with Crippen molar-refractivity contribution in [3.05, 3.63) is 59.7 Å². The molecule has 4 atom stereocenters. The van der Waals surface area contributed by atoms with Crippen LogP contribution in [-0.2, 0) is 14.2 Å². The lowest BCUT2D eigenvalue weighted by Crippen LogP contribution is -2.19. The summed E-state index contributed by atoms with van der Waals surface area (Å²) in [7, 11) is 3.33. The molecule has 4 rings (SSSR count). The maximum atomic E-state index is 6.49. The van der Waals surface area contributed by atoms with Crippen LogP contribution in [0.1, 0.15) is 23.3 Å². The highest BCUT2D eigenvalue weighted by atomic mass is 16.6. The normalized spacial score (nSPS) is 23.6. The second-order valence-corrected chi connectivity index (χ2v) is 6.27. The van der Waals surface area contributed by atoms with E-state index in [9.17, 15) is 0 Å². The van der Waals surface area contributed by atoms with Crippen LogP contribution in [0, 0.1) is 0 Å². The number of ether oxygens (including phenoxy) is 5. The molecule has 25 heavy (non-hydrogen) atoms. The summed E-state index contributed by atoms with van der Waals surface area (Å²) >= 11 is 0. The lowest BCUT2D eigenvalue weighted by Gasteiger charge is -2.24. The van der Waals surface area contributed by atoms with Crippen LogP contribution in [-0.4, -0.2) is 39.6 Å². The van der Waals surface area contributed by atoms with Crippen molar-refractivity contribution in [1.29, 1.82) is 0 Å². The van der Waals surface area contributed by atoms with E-state index in [-0.39, 0.29) is 24.4 Å². The molecule has 2 aliphatic heterocycles. The van der Waals surface area contributed by atoms with Crippen molar-refractivity contribution in [2.75, 3.05) is 27.4 Å². The number of rotatable bonds is 8. The number of hydrogen-bond acceptors (Lipinski definition) is 5. The van der Waals surface area contributed by atoms with E-state index in [1.807, 2.05) is 48.5 Å². The minimum Gasteiger partial charge on any atom is -0.497 e. The fraction of sp³-hybridized carbons (Fsp3) is 0.400. The molecule has 0 radical (unpaired) electrons. The van der Waals surface area contributed by atoms with Crippen molar-refractivity contribution in [1.82, 2.24) is 0 Å². The molecule has 0 N–H and O–H groups in total. The molecule has 5 heteroatoms. The molecule has 2 aliphatic rings. The monoisotopic (exact) mass is 342 g/mol. The first-order valence-corrected chi connectivity index (χ1v) is 8.45. The maximum absolute atomic E-state index is 6.49. The van der Waals surface area contributed by atoms with Gasteiger partial charge in [0, 0.05) is 0 Å². The SMILES string of the molecule is COc1ccc(C(OC(c2ccc(OC)cc2)C2CO2)C2CO2)cc1. The molecular weight excluding hydrogens is 320 g/mol. The Labute approximate surface area is 147 Å². The van der Waals surface area contributed by atoms with Gasteiger partial charge in [0.1, 0.15) is 35.9 Å². The van der Waals surface area contributed by atoms with Gasteiger partial charge in [0.15, 0.2) is 0 Å². The Balaban J connectivity index is 1.55. The van der Waals surface area contributed by atoms with E-state index < -0.39 is 0 Å². The molecular formula is C20H22O5. The molecule has 0 aliphatic carbocycles. The first kappa shape index (κ1) is 16.4. The number of methoxy groups -OCH3 is 2. The van der Waals surface area contributed by atoms with Crippen LogP contribution in [0.15, 0.2) is 48.5 Å². The summed E-state index contributed by atoms with van der Waals surface area (Å²) in [6.45, 7) is 1.44. The molecule has 2 fully saturated rings. The second kappa shape index (κ2) is 7.04. The number of epoxide rings is 2. The van der Waals surface area contributed by atoms with Crippen molar-refractivity contribution in [3.63, 3.8) is 0 Å². The summed E-state index contributed by atoms with van der Waals surface area (Å²) < 4.78 is 28.0. The van der Waals surface area contributed by atoms with Gasteiger partial charge in [-0.05, 0) is 35.4 Å². The van der Waals surface area contributed by atoms with Gasteiger partial charge in [-0.3, -0.25) is 0 Å². The molecule has 0 saturated carbocycles. The van der Waals surface area contributed by atoms with Crippen LogP contribution in [0.3, 0.4) is 0 Å². The quantitative estimate of drug-likeness (QED) is 0.689. The van der Waals surface area contributed by atoms with Gasteiger partial charge in [-0.15, -0.1) is 0 Å². The topological polar surface area (TPSA) is 52.8 Å². The van der Waals surface area contributed by atoms with Crippen LogP contribution >= 0.6 is 0 Å². The average molecular weight is 342 g/mol. The van der Waals surface area contributed by atoms with Crippen molar-refractivity contribution < 1.29 is 23.7 Å². The largest absolute Gasteiger partial charge is 0.497 e. The predicted octanol–water partition coefficient (Wildman–Crippen LogP) is 3.30. The lowest BCUT2D eigenvalue weighted by molar-refractivity contribution is -0.0419. The highest BCUT2D eigenvalue weighted by Crippen LogP contribution is 2.40. The smallest absolute Gasteiger partial charge is 0.118 e. The summed E-state index contributed by atoms with van der Waals surface area (Å²) in [5.74, 6) is 1.66. The molecule has 5 nitrogen and oxygen atoms in total. The lowest BCUT2D eigenvalue weighted by atomic mass is 10.0. The van der Waals surface area contributed by atoms with Crippen molar-refractivity contribution in [2.45, 2.75) is 24.4 Å². The van der Waals surface area contributed by atoms with Crippen LogP contribution in [0.4, 0.5) is 0 Å². The van der Waals surface area contributed by atoms with E-state index in [2.05, 4.69) is 0 Å². The summed E-state index contributed by atoms with van der Waals surface area (Å²) in [4.78, 5) is 0. The van der Waals surface area contributed by atoms with Crippen LogP contribution in [0.2, 0.25) is 0 Å². The molecule has 0 aromatic heterocycles. The third-order valence-electron chi connectivity index (χ3n) is 4.58. The summed E-state index contributed by atoms with van der Waals surface area (Å²) in [5.41, 5.74) is 2.17. The summed E-state index contributed by atoms with van der Waals surface area (Å²) in [5, 5.41) is 0. The fourth-order valence-corrected chi connectivity index (χ4v) is 2.97. The van der Waals surface area contributed by atoms with Gasteiger partial charge in [0.25, 0.3) is 0 Å². The van der Waals surface area contributed by atoms with E-state index in [1.54, 1.807) is 14.2 Å². The molecule has 2 heterocycles. The Hall–Kier alpha value is -2.08. The first-order valence-electron chi connectivity index (χ1n) is 8.45. The highest BCUT2D eigenvalue weighted by Gasteiger charge is 2.42. The molecule has 4 unspecified atom stereocenters. The third kappa shape index (κ3) is 3.79. The van der Waals surface area contributed by atoms with Crippen LogP contribution in [0.25, 0.3) is 0 Å². The predicted molar refractivity (Wildman–Crippen MR) is 92.0 cm³/mol. The van der Waals surface area contributed by atoms with Crippen molar-refractivity contribution in [2.24, 2.45) is 0 Å². The molecule has 0 bridgehead atoms. The first-order chi connectivity index (χ1) is 12.3. The molecule has 2 aromatic carbocycles. The highest BCUT2D eigenvalue weighted by molar-refractivity contribution is 5.31. The standard InChI is InChI=1S/C20H22O5/c1-21-15-7-3-13(4-8-15)19(17-11-23-17)25-20(18-12-24-18)14-5-9-16(22-2)10-6-14/h3-10,17-20H,11-12H2,1-2H3. The Bertz CT molecular complexity index is 628. The van der Waals surface area contributed by atoms with Crippen LogP contribution in [0.5, 0.6) is 11.5 Å². The van der Waals surface area contributed by atoms with Gasteiger partial charge < -0.3 is 23.7 Å². The average Bonchev–Trinajstić information content (AvgIpc) is 3.56. The minimum absolute atomic E-state index is 0.0906. The maximum Gasteiger partial charge on any atom is 0.118 e. The van der Waals surface area contributed by atoms with Crippen molar-refractivity contribution in [3.8, 4) is 11.5 Å². The Morgan fingerprint density at radius 1 is 0.720 bits per heavy atom. The molecule has 132 valence electrons. The van der Waals surface area contributed by atoms with E-state index in [4.69, 9.17) is 23.7 Å². The minimum atomic E-state index is -0.123. The molecule has 0 spiro atoms. The van der Waals surface area contributed by atoms with E-state index in [0.29, 0.717) is 0 Å². The zero-order chi connectivity index (χ0) is 17.2. The Morgan fingerprint density at radius 3 is 1.36 bits per heavy atom. The van der Waals surface area contributed by atoms with Gasteiger partial charge in [-0.25, -0.2) is 0 Å². The zero-order valence-corrected chi connectivity index (χ0v) is 14.4. The molecule has 0 amide bonds. The molecule has 2 aromatic rings. The summed E-state index contributed by atoms with van der Waals surface area (Å²) in [6, 6.07) is 15.9. The number of hydrogen-bond donors (Lipinski definition) is 0.